The van der Waals surface area contributed by atoms with E-state index in [0.29, 0.717) is 12.8 Å². The summed E-state index contributed by atoms with van der Waals surface area (Å²) in [5.41, 5.74) is -0.453. The smallest absolute Gasteiger partial charge is 0.186 e. The van der Waals surface area contributed by atoms with Crippen LogP contribution >= 0.6 is 0 Å². The number of rotatable bonds is 2. The molecule has 0 aromatic rings. The van der Waals surface area contributed by atoms with Crippen molar-refractivity contribution < 1.29 is 24.1 Å². The van der Waals surface area contributed by atoms with Gasteiger partial charge in [-0.15, -0.1) is 0 Å². The van der Waals surface area contributed by atoms with Gasteiger partial charge in [0.15, 0.2) is 12.1 Å². The Bertz CT molecular complexity index is 338. The van der Waals surface area contributed by atoms with Gasteiger partial charge in [0.05, 0.1) is 6.10 Å². The molecule has 0 bridgehead atoms. The van der Waals surface area contributed by atoms with E-state index < -0.39 is 17.7 Å². The predicted octanol–water partition coefficient (Wildman–Crippen LogP) is 0.569. The maximum Gasteiger partial charge on any atom is 0.186 e. The van der Waals surface area contributed by atoms with E-state index in [2.05, 4.69) is 6.58 Å². The lowest BCUT2D eigenvalue weighted by Crippen LogP contribution is -2.55. The zero-order valence-corrected chi connectivity index (χ0v) is 10.1. The van der Waals surface area contributed by atoms with Gasteiger partial charge in [-0.2, -0.15) is 0 Å². The lowest BCUT2D eigenvalue weighted by molar-refractivity contribution is -0.271. The van der Waals surface area contributed by atoms with Crippen LogP contribution in [0.4, 0.5) is 0 Å². The Morgan fingerprint density at radius 1 is 1.35 bits per heavy atom. The van der Waals surface area contributed by atoms with Crippen LogP contribution in [0, 0.1) is 0 Å². The molecule has 0 aromatic carbocycles. The van der Waals surface area contributed by atoms with Gasteiger partial charge in [0.2, 0.25) is 0 Å². The van der Waals surface area contributed by atoms with Gasteiger partial charge in [-0.25, -0.2) is 0 Å². The first-order chi connectivity index (χ1) is 8.02. The molecule has 0 radical (unpaired) electrons. The Morgan fingerprint density at radius 3 is 2.59 bits per heavy atom. The summed E-state index contributed by atoms with van der Waals surface area (Å²) in [6.07, 6.45) is 1.59. The Morgan fingerprint density at radius 2 is 2.06 bits per heavy atom. The minimum absolute atomic E-state index is 0.196. The molecule has 4 atom stereocenters. The van der Waals surface area contributed by atoms with Crippen LogP contribution in [0.2, 0.25) is 0 Å². The largest absolute Gasteiger partial charge is 0.393 e. The third-order valence-electron chi connectivity index (χ3n) is 3.93. The molecule has 17 heavy (non-hydrogen) atoms. The average Bonchev–Trinajstić information content (AvgIpc) is 2.73. The van der Waals surface area contributed by atoms with Gasteiger partial charge in [0, 0.05) is 20.0 Å². The highest BCUT2D eigenvalue weighted by atomic mass is 16.8. The fraction of sp³-hybridized carbons (Fsp3) is 0.833. The van der Waals surface area contributed by atoms with Crippen molar-refractivity contribution in [2.75, 3.05) is 7.11 Å². The molecule has 3 rings (SSSR count). The number of methoxy groups -OCH3 is 1. The summed E-state index contributed by atoms with van der Waals surface area (Å²) < 4.78 is 22.9. The molecule has 3 aliphatic rings. The normalized spacial score (nSPS) is 56.9. The van der Waals surface area contributed by atoms with Gasteiger partial charge in [0.25, 0.3) is 0 Å². The number of hydrogen-bond donors (Lipinski definition) is 1. The zero-order valence-electron chi connectivity index (χ0n) is 10.1. The highest BCUT2D eigenvalue weighted by molar-refractivity contribution is 5.13. The second kappa shape index (κ2) is 3.52. The van der Waals surface area contributed by atoms with Gasteiger partial charge in [-0.05, 0) is 13.0 Å². The van der Waals surface area contributed by atoms with E-state index in [9.17, 15) is 5.11 Å². The van der Waals surface area contributed by atoms with Gasteiger partial charge in [-0.1, -0.05) is 6.58 Å². The molecule has 5 heteroatoms. The van der Waals surface area contributed by atoms with Crippen molar-refractivity contribution in [3.05, 3.63) is 12.7 Å². The topological polar surface area (TPSA) is 57.2 Å². The first-order valence-electron chi connectivity index (χ1n) is 5.90. The fourth-order valence-electron chi connectivity index (χ4n) is 2.99. The van der Waals surface area contributed by atoms with Crippen LogP contribution in [0.15, 0.2) is 12.7 Å². The molecule has 1 aliphatic carbocycles. The van der Waals surface area contributed by atoms with E-state index in [4.69, 9.17) is 18.9 Å². The van der Waals surface area contributed by atoms with Crippen molar-refractivity contribution in [3.8, 4) is 0 Å². The quantitative estimate of drug-likeness (QED) is 0.717. The lowest BCUT2D eigenvalue weighted by atomic mass is 9.73. The van der Waals surface area contributed by atoms with Gasteiger partial charge in [0.1, 0.15) is 17.8 Å². The number of aliphatic hydroxyl groups excluding tert-OH is 1. The van der Waals surface area contributed by atoms with E-state index in [1.807, 2.05) is 6.92 Å². The Kier molecular flexibility index (Phi) is 2.41. The Balaban J connectivity index is 1.85. The molecule has 1 N–H and O–H groups in total. The van der Waals surface area contributed by atoms with E-state index in [-0.39, 0.29) is 18.3 Å². The Labute approximate surface area is 100 Å². The summed E-state index contributed by atoms with van der Waals surface area (Å²) >= 11 is 0. The molecule has 2 saturated heterocycles. The predicted molar refractivity (Wildman–Crippen MR) is 58.2 cm³/mol. The molecule has 2 heterocycles. The average molecular weight is 242 g/mol. The minimum Gasteiger partial charge on any atom is -0.393 e. The van der Waals surface area contributed by atoms with E-state index in [1.54, 1.807) is 13.2 Å². The number of fused-ring (bicyclic) bond motifs is 2. The summed E-state index contributed by atoms with van der Waals surface area (Å²) in [4.78, 5) is 0. The molecular formula is C12H18O5. The second-order valence-corrected chi connectivity index (χ2v) is 5.19. The van der Waals surface area contributed by atoms with Gasteiger partial charge >= 0.3 is 0 Å². The van der Waals surface area contributed by atoms with Crippen LogP contribution in [0.25, 0.3) is 0 Å². The third-order valence-corrected chi connectivity index (χ3v) is 3.93. The van der Waals surface area contributed by atoms with Crippen molar-refractivity contribution >= 4 is 0 Å². The Hall–Kier alpha value is -0.460. The molecule has 0 aromatic heterocycles. The van der Waals surface area contributed by atoms with Crippen LogP contribution in [0.3, 0.4) is 0 Å². The SMILES string of the molecule is C=C[C@]1(C)O[C@H]2[C@H](OC)OC3(CC(O)C3)[C@H]2O1. The molecule has 96 valence electrons. The number of hydrogen-bond acceptors (Lipinski definition) is 5. The lowest BCUT2D eigenvalue weighted by Gasteiger charge is -2.44. The van der Waals surface area contributed by atoms with Crippen molar-refractivity contribution in [3.63, 3.8) is 0 Å². The summed E-state index contributed by atoms with van der Waals surface area (Å²) in [5.74, 6) is -0.788. The van der Waals surface area contributed by atoms with E-state index >= 15 is 0 Å². The monoisotopic (exact) mass is 242 g/mol. The first kappa shape index (κ1) is 11.6. The van der Waals surface area contributed by atoms with E-state index in [0.717, 1.165) is 0 Å². The maximum atomic E-state index is 9.50. The number of ether oxygens (including phenoxy) is 4. The van der Waals surface area contributed by atoms with Gasteiger partial charge < -0.3 is 24.1 Å². The molecule has 1 saturated carbocycles. The van der Waals surface area contributed by atoms with Crippen LogP contribution in [-0.2, 0) is 18.9 Å². The molecular weight excluding hydrogens is 224 g/mol. The molecule has 5 nitrogen and oxygen atoms in total. The molecule has 3 fully saturated rings. The summed E-state index contributed by atoms with van der Waals surface area (Å²) in [5, 5.41) is 9.50. The highest BCUT2D eigenvalue weighted by Gasteiger charge is 2.67. The minimum atomic E-state index is -0.788. The molecule has 0 amide bonds. The van der Waals surface area contributed by atoms with Crippen LogP contribution in [-0.4, -0.2) is 48.2 Å². The standard InChI is InChI=1S/C12H18O5/c1-4-11(2)15-8-9(16-11)12(5-7(13)6-12)17-10(8)14-3/h4,7-10,13H,1,5-6H2,2-3H3/t7?,8-,9+,10-,11-,12?/m1/s1. The molecule has 2 aliphatic heterocycles. The highest BCUT2D eigenvalue weighted by Crippen LogP contribution is 2.53. The van der Waals surface area contributed by atoms with Crippen molar-refractivity contribution in [1.29, 1.82) is 0 Å². The molecule has 0 unspecified atom stereocenters. The van der Waals surface area contributed by atoms with Crippen molar-refractivity contribution in [2.24, 2.45) is 0 Å². The van der Waals surface area contributed by atoms with E-state index in [1.165, 1.54) is 0 Å². The van der Waals surface area contributed by atoms with Crippen molar-refractivity contribution in [1.82, 2.24) is 0 Å². The number of aliphatic hydroxyl groups is 1. The summed E-state index contributed by atoms with van der Waals surface area (Å²) in [6, 6.07) is 0. The fourth-order valence-corrected chi connectivity index (χ4v) is 2.99. The van der Waals surface area contributed by atoms with Crippen LogP contribution < -0.4 is 0 Å². The summed E-state index contributed by atoms with van der Waals surface area (Å²) in [7, 11) is 1.59. The van der Waals surface area contributed by atoms with Crippen molar-refractivity contribution in [2.45, 2.75) is 55.8 Å². The second-order valence-electron chi connectivity index (χ2n) is 5.19. The van der Waals surface area contributed by atoms with Crippen LogP contribution in [0.1, 0.15) is 19.8 Å². The molecule has 1 spiro atoms. The maximum absolute atomic E-state index is 9.50. The first-order valence-corrected chi connectivity index (χ1v) is 5.90. The third kappa shape index (κ3) is 1.50. The van der Waals surface area contributed by atoms with Crippen LogP contribution in [0.5, 0.6) is 0 Å². The summed E-state index contributed by atoms with van der Waals surface area (Å²) in [6.45, 7) is 5.55. The van der Waals surface area contributed by atoms with Gasteiger partial charge in [-0.3, -0.25) is 0 Å². The zero-order chi connectivity index (χ0) is 12.3.